The van der Waals surface area contributed by atoms with Gasteiger partial charge in [-0.15, -0.1) is 0 Å². The summed E-state index contributed by atoms with van der Waals surface area (Å²) in [5.41, 5.74) is 4.24. The van der Waals surface area contributed by atoms with Gasteiger partial charge in [-0.2, -0.15) is 0 Å². The van der Waals surface area contributed by atoms with Crippen LogP contribution in [0.25, 0.3) is 16.9 Å². The Labute approximate surface area is 194 Å². The molecule has 3 aromatic rings. The second-order valence-corrected chi connectivity index (χ2v) is 9.41. The summed E-state index contributed by atoms with van der Waals surface area (Å²) in [4.78, 5) is 9.68. The number of benzene rings is 1. The molecule has 1 N–H and O–H groups in total. The minimum Gasteiger partial charge on any atom is -0.462 e. The van der Waals surface area contributed by atoms with Gasteiger partial charge >= 0.3 is 0 Å². The third kappa shape index (κ3) is 3.97. The fourth-order valence-corrected chi connectivity index (χ4v) is 5.16. The van der Waals surface area contributed by atoms with Gasteiger partial charge in [0.25, 0.3) is 6.02 Å². The van der Waals surface area contributed by atoms with Crippen molar-refractivity contribution in [3.8, 4) is 11.3 Å². The third-order valence-corrected chi connectivity index (χ3v) is 7.05. The first-order chi connectivity index (χ1) is 15.5. The molecule has 5 rings (SSSR count). The smallest absolute Gasteiger partial charge is 0.285 e. The summed E-state index contributed by atoms with van der Waals surface area (Å²) in [6.45, 7) is 6.82. The lowest BCUT2D eigenvalue weighted by molar-refractivity contribution is 0.0719. The van der Waals surface area contributed by atoms with Crippen LogP contribution < -0.4 is 0 Å². The van der Waals surface area contributed by atoms with Crippen molar-refractivity contribution in [2.75, 3.05) is 13.1 Å². The number of nitrogens with one attached hydrogen (secondary N) is 1. The Balaban J connectivity index is 1.40. The first-order valence-corrected chi connectivity index (χ1v) is 11.9. The summed E-state index contributed by atoms with van der Waals surface area (Å²) in [5.74, 6) is 0. The summed E-state index contributed by atoms with van der Waals surface area (Å²) in [6, 6.07) is 15.1. The fourth-order valence-electron chi connectivity index (χ4n) is 5.03. The van der Waals surface area contributed by atoms with E-state index in [-0.39, 0.29) is 6.10 Å². The number of halogens is 1. The predicted octanol–water partition coefficient (Wildman–Crippen LogP) is 5.05. The summed E-state index contributed by atoms with van der Waals surface area (Å²) in [7, 11) is 0. The molecule has 32 heavy (non-hydrogen) atoms. The highest BCUT2D eigenvalue weighted by Crippen LogP contribution is 2.33. The number of ether oxygens (including phenoxy) is 1. The molecule has 0 spiro atoms. The largest absolute Gasteiger partial charge is 0.462 e. The van der Waals surface area contributed by atoms with Gasteiger partial charge in [-0.05, 0) is 50.5 Å². The number of amidine groups is 1. The lowest BCUT2D eigenvalue weighted by atomic mass is 10.1. The molecule has 0 radical (unpaired) electrons. The molecule has 2 bridgehead atoms. The van der Waals surface area contributed by atoms with Gasteiger partial charge in [-0.25, -0.2) is 4.98 Å². The van der Waals surface area contributed by atoms with E-state index in [0.717, 1.165) is 60.8 Å². The van der Waals surface area contributed by atoms with Crippen LogP contribution in [-0.2, 0) is 11.3 Å². The van der Waals surface area contributed by atoms with Gasteiger partial charge in [0, 0.05) is 48.5 Å². The Bertz CT molecular complexity index is 1100. The van der Waals surface area contributed by atoms with Gasteiger partial charge in [0.2, 0.25) is 0 Å². The fraction of sp³-hybridized carbons (Fsp3) is 0.440. The molecule has 2 aliphatic heterocycles. The number of likely N-dealkylation sites (tertiary alicyclic amines) is 1. The molecule has 2 saturated heterocycles. The van der Waals surface area contributed by atoms with E-state index in [1.807, 2.05) is 37.3 Å². The van der Waals surface area contributed by atoms with Gasteiger partial charge in [-0.3, -0.25) is 10.3 Å². The van der Waals surface area contributed by atoms with Crippen LogP contribution in [0.4, 0.5) is 0 Å². The number of fused-ring (bicyclic) bond motifs is 3. The number of hydrogen-bond acceptors (Lipinski definition) is 4. The van der Waals surface area contributed by atoms with Crippen molar-refractivity contribution in [1.82, 2.24) is 19.2 Å². The molecule has 2 aromatic heterocycles. The van der Waals surface area contributed by atoms with Crippen molar-refractivity contribution in [1.29, 1.82) is 5.41 Å². The van der Waals surface area contributed by atoms with E-state index in [0.29, 0.717) is 18.1 Å². The quantitative estimate of drug-likeness (QED) is 0.435. The Morgan fingerprint density at radius 3 is 2.56 bits per heavy atom. The molecule has 6 nitrogen and oxygen atoms in total. The van der Waals surface area contributed by atoms with Crippen molar-refractivity contribution in [3.63, 3.8) is 0 Å². The molecule has 3 unspecified atom stereocenters. The molecule has 3 atom stereocenters. The van der Waals surface area contributed by atoms with Gasteiger partial charge < -0.3 is 14.0 Å². The predicted molar refractivity (Wildman–Crippen MR) is 128 cm³/mol. The summed E-state index contributed by atoms with van der Waals surface area (Å²) >= 11 is 6.13. The highest BCUT2D eigenvalue weighted by molar-refractivity contribution is 6.30. The Morgan fingerprint density at radius 1 is 1.16 bits per heavy atom. The number of nitrogens with zero attached hydrogens (tertiary/aromatic N) is 4. The van der Waals surface area contributed by atoms with Crippen molar-refractivity contribution < 1.29 is 4.74 Å². The second kappa shape index (κ2) is 8.75. The number of hydrogen-bond donors (Lipinski definition) is 1. The first kappa shape index (κ1) is 21.3. The second-order valence-electron chi connectivity index (χ2n) is 8.97. The van der Waals surface area contributed by atoms with E-state index in [2.05, 4.69) is 39.5 Å². The molecule has 0 saturated carbocycles. The van der Waals surface area contributed by atoms with E-state index in [9.17, 15) is 0 Å². The highest BCUT2D eigenvalue weighted by Gasteiger charge is 2.42. The molecular weight excluding hydrogens is 422 g/mol. The molecule has 4 heterocycles. The van der Waals surface area contributed by atoms with Crippen LogP contribution in [0.5, 0.6) is 0 Å². The Morgan fingerprint density at radius 2 is 1.88 bits per heavy atom. The third-order valence-electron chi connectivity index (χ3n) is 6.80. The zero-order valence-electron chi connectivity index (χ0n) is 18.7. The average molecular weight is 452 g/mol. The maximum absolute atomic E-state index is 8.51. The maximum Gasteiger partial charge on any atom is 0.285 e. The average Bonchev–Trinajstić information content (AvgIpc) is 3.29. The normalized spacial score (nSPS) is 21.8. The van der Waals surface area contributed by atoms with Crippen LogP contribution in [0.3, 0.4) is 0 Å². The van der Waals surface area contributed by atoms with E-state index in [1.54, 1.807) is 0 Å². The van der Waals surface area contributed by atoms with Gasteiger partial charge in [0.15, 0.2) is 0 Å². The van der Waals surface area contributed by atoms with Gasteiger partial charge in [0.1, 0.15) is 5.65 Å². The van der Waals surface area contributed by atoms with Gasteiger partial charge in [-0.1, -0.05) is 36.7 Å². The zero-order chi connectivity index (χ0) is 22.2. The summed E-state index contributed by atoms with van der Waals surface area (Å²) < 4.78 is 8.07. The van der Waals surface area contributed by atoms with Crippen molar-refractivity contribution in [3.05, 3.63) is 59.4 Å². The lowest BCUT2D eigenvalue weighted by Crippen LogP contribution is -2.56. The standard InChI is InChI=1S/C25H30ClN5O/c1-3-17(2)32-25(27)31-20-11-12-21(31)15-29(14-20)16-22-24(18-7-9-19(26)10-8-18)28-23-6-4-5-13-30(22)23/h4-10,13,17,20-21,27H,3,11-12,14-16H2,1-2H3. The van der Waals surface area contributed by atoms with Crippen molar-refractivity contribution >= 4 is 23.3 Å². The van der Waals surface area contributed by atoms with Crippen LogP contribution in [0, 0.1) is 5.41 Å². The summed E-state index contributed by atoms with van der Waals surface area (Å²) in [5, 5.41) is 9.24. The molecular formula is C25H30ClN5O. The van der Waals surface area contributed by atoms with Crippen LogP contribution >= 0.6 is 11.6 Å². The van der Waals surface area contributed by atoms with Crippen LogP contribution in [-0.4, -0.2) is 56.5 Å². The zero-order valence-corrected chi connectivity index (χ0v) is 19.4. The molecule has 7 heteroatoms. The Kier molecular flexibility index (Phi) is 5.82. The minimum atomic E-state index is 0.0834. The SMILES string of the molecule is CCC(C)OC(=N)N1C2CCC1CN(Cc1c(-c3ccc(Cl)cc3)nc3ccccn13)C2. The van der Waals surface area contributed by atoms with E-state index in [4.69, 9.17) is 26.7 Å². The molecule has 0 amide bonds. The highest BCUT2D eigenvalue weighted by atomic mass is 35.5. The number of pyridine rings is 1. The number of aromatic nitrogens is 2. The molecule has 1 aromatic carbocycles. The molecule has 0 aliphatic carbocycles. The van der Waals surface area contributed by atoms with Crippen LogP contribution in [0.15, 0.2) is 48.7 Å². The number of piperazine rings is 1. The molecule has 2 fully saturated rings. The Hall–Kier alpha value is -2.57. The van der Waals surface area contributed by atoms with Crippen molar-refractivity contribution in [2.24, 2.45) is 0 Å². The number of imidazole rings is 1. The minimum absolute atomic E-state index is 0.0834. The van der Waals surface area contributed by atoms with E-state index in [1.165, 1.54) is 5.69 Å². The van der Waals surface area contributed by atoms with E-state index < -0.39 is 0 Å². The first-order valence-electron chi connectivity index (χ1n) is 11.5. The summed E-state index contributed by atoms with van der Waals surface area (Å²) in [6.07, 6.45) is 5.33. The number of rotatable bonds is 5. The van der Waals surface area contributed by atoms with Gasteiger partial charge in [0.05, 0.1) is 17.5 Å². The lowest BCUT2D eigenvalue weighted by Gasteiger charge is -2.42. The van der Waals surface area contributed by atoms with Crippen LogP contribution in [0.2, 0.25) is 5.02 Å². The molecule has 2 aliphatic rings. The monoisotopic (exact) mass is 451 g/mol. The van der Waals surface area contributed by atoms with E-state index >= 15 is 0 Å². The topological polar surface area (TPSA) is 56.9 Å². The van der Waals surface area contributed by atoms with Crippen LogP contribution in [0.1, 0.15) is 38.8 Å². The molecule has 168 valence electrons. The van der Waals surface area contributed by atoms with Crippen molar-refractivity contribution in [2.45, 2.75) is 57.8 Å². The maximum atomic E-state index is 8.51.